The molecule has 17 heavy (non-hydrogen) atoms. The highest BCUT2D eigenvalue weighted by atomic mass is 15.2. The zero-order valence-electron chi connectivity index (χ0n) is 11.0. The summed E-state index contributed by atoms with van der Waals surface area (Å²) in [6.07, 6.45) is 6.68. The molecule has 1 aromatic rings. The Hall–Kier alpha value is -0.870. The Morgan fingerprint density at radius 1 is 1.47 bits per heavy atom. The van der Waals surface area contributed by atoms with Crippen LogP contribution in [-0.2, 0) is 7.05 Å². The molecule has 1 aromatic heterocycles. The molecule has 0 aromatic carbocycles. The van der Waals surface area contributed by atoms with Gasteiger partial charge in [-0.05, 0) is 37.4 Å². The largest absolute Gasteiger partial charge is 0.330 e. The summed E-state index contributed by atoms with van der Waals surface area (Å²) >= 11 is 0. The number of nitrogens with zero attached hydrogens (tertiary/aromatic N) is 3. The maximum absolute atomic E-state index is 5.89. The first kappa shape index (κ1) is 12.6. The van der Waals surface area contributed by atoms with E-state index in [1.807, 2.05) is 17.9 Å². The Morgan fingerprint density at radius 3 is 2.71 bits per heavy atom. The van der Waals surface area contributed by atoms with Gasteiger partial charge in [-0.2, -0.15) is 5.10 Å². The third kappa shape index (κ3) is 3.30. The van der Waals surface area contributed by atoms with Crippen molar-refractivity contribution in [1.29, 1.82) is 0 Å². The fourth-order valence-corrected chi connectivity index (χ4v) is 2.52. The van der Waals surface area contributed by atoms with Gasteiger partial charge in [0, 0.05) is 32.3 Å². The van der Waals surface area contributed by atoms with Crippen LogP contribution in [0.25, 0.3) is 0 Å². The normalized spacial score (nSPS) is 20.6. The predicted molar refractivity (Wildman–Crippen MR) is 69.8 cm³/mol. The lowest BCUT2D eigenvalue weighted by molar-refractivity contribution is 0.183. The monoisotopic (exact) mass is 236 g/mol. The highest BCUT2D eigenvalue weighted by molar-refractivity contribution is 5.12. The SMILES string of the molecule is CC1CCN(CC(CN)c2cnn(C)c2)CC1. The average Bonchev–Trinajstić information content (AvgIpc) is 2.75. The lowest BCUT2D eigenvalue weighted by Gasteiger charge is -2.32. The molecular weight excluding hydrogens is 212 g/mol. The lowest BCUT2D eigenvalue weighted by Crippen LogP contribution is -2.37. The molecule has 0 spiro atoms. The summed E-state index contributed by atoms with van der Waals surface area (Å²) in [5, 5.41) is 4.23. The van der Waals surface area contributed by atoms with Gasteiger partial charge >= 0.3 is 0 Å². The van der Waals surface area contributed by atoms with Crippen LogP contribution in [0.4, 0.5) is 0 Å². The van der Waals surface area contributed by atoms with Crippen molar-refractivity contribution in [3.8, 4) is 0 Å². The van der Waals surface area contributed by atoms with Crippen LogP contribution in [0.5, 0.6) is 0 Å². The highest BCUT2D eigenvalue weighted by Crippen LogP contribution is 2.20. The van der Waals surface area contributed by atoms with Crippen LogP contribution >= 0.6 is 0 Å². The summed E-state index contributed by atoms with van der Waals surface area (Å²) in [6.45, 7) is 6.57. The smallest absolute Gasteiger partial charge is 0.0525 e. The van der Waals surface area contributed by atoms with E-state index < -0.39 is 0 Å². The Morgan fingerprint density at radius 2 is 2.18 bits per heavy atom. The highest BCUT2D eigenvalue weighted by Gasteiger charge is 2.20. The van der Waals surface area contributed by atoms with Crippen molar-refractivity contribution in [3.63, 3.8) is 0 Å². The minimum absolute atomic E-state index is 0.428. The number of hydrogen-bond acceptors (Lipinski definition) is 3. The molecule has 1 unspecified atom stereocenters. The van der Waals surface area contributed by atoms with E-state index in [0.717, 1.165) is 12.5 Å². The Bertz CT molecular complexity index is 339. The molecule has 0 amide bonds. The number of nitrogens with two attached hydrogens (primary N) is 1. The third-order valence-electron chi connectivity index (χ3n) is 3.84. The van der Waals surface area contributed by atoms with Crippen molar-refractivity contribution in [2.45, 2.75) is 25.7 Å². The van der Waals surface area contributed by atoms with E-state index in [9.17, 15) is 0 Å². The molecule has 1 saturated heterocycles. The zero-order chi connectivity index (χ0) is 12.3. The number of piperidine rings is 1. The molecule has 96 valence electrons. The van der Waals surface area contributed by atoms with Gasteiger partial charge in [-0.15, -0.1) is 0 Å². The maximum Gasteiger partial charge on any atom is 0.0525 e. The van der Waals surface area contributed by atoms with Gasteiger partial charge in [-0.3, -0.25) is 4.68 Å². The van der Waals surface area contributed by atoms with Crippen molar-refractivity contribution >= 4 is 0 Å². The summed E-state index contributed by atoms with van der Waals surface area (Å²) in [5.41, 5.74) is 7.17. The van der Waals surface area contributed by atoms with Crippen LogP contribution < -0.4 is 5.73 Å². The van der Waals surface area contributed by atoms with Crippen LogP contribution in [0.1, 0.15) is 31.2 Å². The number of aryl methyl sites for hydroxylation is 1. The molecule has 1 atom stereocenters. The summed E-state index contributed by atoms with van der Waals surface area (Å²) in [4.78, 5) is 2.55. The van der Waals surface area contributed by atoms with E-state index in [4.69, 9.17) is 5.73 Å². The van der Waals surface area contributed by atoms with Gasteiger partial charge in [0.15, 0.2) is 0 Å². The van der Waals surface area contributed by atoms with E-state index in [-0.39, 0.29) is 0 Å². The number of aromatic nitrogens is 2. The van der Waals surface area contributed by atoms with E-state index in [1.54, 1.807) is 0 Å². The van der Waals surface area contributed by atoms with Crippen LogP contribution in [0.15, 0.2) is 12.4 Å². The maximum atomic E-state index is 5.89. The number of hydrogen-bond donors (Lipinski definition) is 1. The Kier molecular flexibility index (Phi) is 4.18. The molecule has 0 aliphatic carbocycles. The first-order valence-corrected chi connectivity index (χ1v) is 6.60. The standard InChI is InChI=1S/C13H24N4/c1-11-3-5-17(6-4-11)10-12(7-14)13-8-15-16(2)9-13/h8-9,11-12H,3-7,10,14H2,1-2H3. The van der Waals surface area contributed by atoms with Gasteiger partial charge in [-0.1, -0.05) is 6.92 Å². The molecule has 0 radical (unpaired) electrons. The topological polar surface area (TPSA) is 47.1 Å². The molecule has 1 aliphatic rings. The lowest BCUT2D eigenvalue weighted by atomic mass is 9.96. The summed E-state index contributed by atoms with van der Waals surface area (Å²) in [7, 11) is 1.96. The second kappa shape index (κ2) is 5.65. The van der Waals surface area contributed by atoms with E-state index in [0.29, 0.717) is 12.5 Å². The predicted octanol–water partition coefficient (Wildman–Crippen LogP) is 1.19. The van der Waals surface area contributed by atoms with Gasteiger partial charge in [0.2, 0.25) is 0 Å². The van der Waals surface area contributed by atoms with Crippen LogP contribution in [0, 0.1) is 5.92 Å². The molecule has 4 nitrogen and oxygen atoms in total. The van der Waals surface area contributed by atoms with Crippen LogP contribution in [-0.4, -0.2) is 40.9 Å². The summed E-state index contributed by atoms with van der Waals surface area (Å²) in [6, 6.07) is 0. The van der Waals surface area contributed by atoms with E-state index in [2.05, 4.69) is 23.1 Å². The van der Waals surface area contributed by atoms with Crippen molar-refractivity contribution < 1.29 is 0 Å². The number of likely N-dealkylation sites (tertiary alicyclic amines) is 1. The second-order valence-corrected chi connectivity index (χ2v) is 5.36. The minimum atomic E-state index is 0.428. The summed E-state index contributed by atoms with van der Waals surface area (Å²) < 4.78 is 1.86. The Balaban J connectivity index is 1.91. The minimum Gasteiger partial charge on any atom is -0.330 e. The molecule has 1 fully saturated rings. The molecule has 0 saturated carbocycles. The van der Waals surface area contributed by atoms with E-state index in [1.165, 1.54) is 31.5 Å². The average molecular weight is 236 g/mol. The molecule has 4 heteroatoms. The van der Waals surface area contributed by atoms with Gasteiger partial charge in [0.05, 0.1) is 6.20 Å². The van der Waals surface area contributed by atoms with Gasteiger partial charge in [0.1, 0.15) is 0 Å². The zero-order valence-corrected chi connectivity index (χ0v) is 11.0. The fourth-order valence-electron chi connectivity index (χ4n) is 2.52. The van der Waals surface area contributed by atoms with Gasteiger partial charge in [0.25, 0.3) is 0 Å². The van der Waals surface area contributed by atoms with Crippen LogP contribution in [0.2, 0.25) is 0 Å². The summed E-state index contributed by atoms with van der Waals surface area (Å²) in [5.74, 6) is 1.32. The van der Waals surface area contributed by atoms with Crippen molar-refractivity contribution in [3.05, 3.63) is 18.0 Å². The number of rotatable bonds is 4. The van der Waals surface area contributed by atoms with Crippen molar-refractivity contribution in [2.75, 3.05) is 26.2 Å². The first-order valence-electron chi connectivity index (χ1n) is 6.60. The third-order valence-corrected chi connectivity index (χ3v) is 3.84. The molecule has 2 N–H and O–H groups in total. The fraction of sp³-hybridized carbons (Fsp3) is 0.769. The quantitative estimate of drug-likeness (QED) is 0.854. The molecule has 2 rings (SSSR count). The first-order chi connectivity index (χ1) is 8.19. The van der Waals surface area contributed by atoms with Crippen LogP contribution in [0.3, 0.4) is 0 Å². The molecule has 1 aliphatic heterocycles. The van der Waals surface area contributed by atoms with Gasteiger partial charge < -0.3 is 10.6 Å². The molecular formula is C13H24N4. The Labute approximate surface area is 104 Å². The van der Waals surface area contributed by atoms with Crippen molar-refractivity contribution in [2.24, 2.45) is 18.7 Å². The molecule has 0 bridgehead atoms. The van der Waals surface area contributed by atoms with Gasteiger partial charge in [-0.25, -0.2) is 0 Å². The molecule has 2 heterocycles. The van der Waals surface area contributed by atoms with E-state index >= 15 is 0 Å². The van der Waals surface area contributed by atoms with Crippen molar-refractivity contribution in [1.82, 2.24) is 14.7 Å². The second-order valence-electron chi connectivity index (χ2n) is 5.36.